The first kappa shape index (κ1) is 21.7. The highest BCUT2D eigenvalue weighted by atomic mass is 79.9. The summed E-state index contributed by atoms with van der Waals surface area (Å²) in [4.78, 5) is 0.124. The molecule has 0 aliphatic carbocycles. The Kier molecular flexibility index (Phi) is 7.67. The average molecular weight is 457 g/mol. The summed E-state index contributed by atoms with van der Waals surface area (Å²) in [5, 5.41) is 8.48. The number of methoxy groups -OCH3 is 1. The average Bonchev–Trinajstić information content (AvgIpc) is 2.59. The lowest BCUT2D eigenvalue weighted by Crippen LogP contribution is -2.17. The Labute approximate surface area is 169 Å². The predicted octanol–water partition coefficient (Wildman–Crippen LogP) is 3.22. The summed E-state index contributed by atoms with van der Waals surface area (Å²) in [6, 6.07) is 10.5. The number of rotatable bonds is 9. The number of primary sulfonamides is 1. The van der Waals surface area contributed by atoms with E-state index in [0.717, 1.165) is 28.6 Å². The van der Waals surface area contributed by atoms with Crippen LogP contribution >= 0.6 is 15.9 Å². The molecule has 0 radical (unpaired) electrons. The van der Waals surface area contributed by atoms with E-state index in [1.807, 2.05) is 26.0 Å². The predicted molar refractivity (Wildman–Crippen MR) is 110 cm³/mol. The Hall–Kier alpha value is -1.61. The molecule has 0 heterocycles. The summed E-state index contributed by atoms with van der Waals surface area (Å²) >= 11 is 3.58. The van der Waals surface area contributed by atoms with Gasteiger partial charge in [0.25, 0.3) is 0 Å². The van der Waals surface area contributed by atoms with Gasteiger partial charge in [0.2, 0.25) is 10.0 Å². The maximum Gasteiger partial charge on any atom is 0.238 e. The molecule has 0 atom stereocenters. The molecule has 0 amide bonds. The first-order valence-electron chi connectivity index (χ1n) is 8.56. The minimum absolute atomic E-state index is 0.0652. The SMILES string of the molecule is COc1cc(CNCCc2ccc(S(N)(=O)=O)cc2)c(Br)cc1OC(C)C. The molecule has 8 heteroatoms. The van der Waals surface area contributed by atoms with Crippen LogP contribution in [0.2, 0.25) is 0 Å². The largest absolute Gasteiger partial charge is 0.493 e. The van der Waals surface area contributed by atoms with Crippen molar-refractivity contribution in [2.75, 3.05) is 13.7 Å². The summed E-state index contributed by atoms with van der Waals surface area (Å²) < 4.78 is 34.7. The summed E-state index contributed by atoms with van der Waals surface area (Å²) in [6.45, 7) is 5.35. The van der Waals surface area contributed by atoms with Gasteiger partial charge in [-0.2, -0.15) is 0 Å². The molecule has 148 valence electrons. The highest BCUT2D eigenvalue weighted by Gasteiger charge is 2.11. The van der Waals surface area contributed by atoms with E-state index in [-0.39, 0.29) is 11.0 Å². The molecule has 0 saturated carbocycles. The molecule has 6 nitrogen and oxygen atoms in total. The van der Waals surface area contributed by atoms with Crippen LogP contribution in [-0.2, 0) is 23.0 Å². The van der Waals surface area contributed by atoms with Crippen LogP contribution in [0.5, 0.6) is 11.5 Å². The Bertz CT molecular complexity index is 868. The van der Waals surface area contributed by atoms with Crippen molar-refractivity contribution in [3.05, 3.63) is 52.0 Å². The van der Waals surface area contributed by atoms with E-state index in [9.17, 15) is 8.42 Å². The van der Waals surface area contributed by atoms with E-state index < -0.39 is 10.0 Å². The van der Waals surface area contributed by atoms with Crippen molar-refractivity contribution in [1.29, 1.82) is 0 Å². The number of nitrogens with two attached hydrogens (primary N) is 1. The number of halogens is 1. The standard InChI is InChI=1S/C19H25BrN2O4S/c1-13(2)26-19-11-17(20)15(10-18(19)25-3)12-22-9-8-14-4-6-16(7-5-14)27(21,23)24/h4-7,10-11,13,22H,8-9,12H2,1-3H3,(H2,21,23,24). The summed E-state index contributed by atoms with van der Waals surface area (Å²) in [6.07, 6.45) is 0.837. The van der Waals surface area contributed by atoms with E-state index in [1.54, 1.807) is 19.2 Å². The minimum atomic E-state index is -3.65. The minimum Gasteiger partial charge on any atom is -0.493 e. The van der Waals surface area contributed by atoms with E-state index >= 15 is 0 Å². The molecule has 0 spiro atoms. The van der Waals surface area contributed by atoms with E-state index in [4.69, 9.17) is 14.6 Å². The van der Waals surface area contributed by atoms with Crippen LogP contribution in [0.1, 0.15) is 25.0 Å². The van der Waals surface area contributed by atoms with Gasteiger partial charge in [0.1, 0.15) is 0 Å². The van der Waals surface area contributed by atoms with Gasteiger partial charge in [0.15, 0.2) is 11.5 Å². The topological polar surface area (TPSA) is 90.6 Å². The Balaban J connectivity index is 1.93. The second-order valence-corrected chi connectivity index (χ2v) is 8.79. The number of benzene rings is 2. The summed E-state index contributed by atoms with van der Waals surface area (Å²) in [5.41, 5.74) is 2.10. The van der Waals surface area contributed by atoms with Crippen molar-refractivity contribution in [2.24, 2.45) is 5.14 Å². The van der Waals surface area contributed by atoms with Crippen molar-refractivity contribution in [2.45, 2.75) is 37.8 Å². The van der Waals surface area contributed by atoms with Crippen molar-refractivity contribution in [3.63, 3.8) is 0 Å². The first-order valence-corrected chi connectivity index (χ1v) is 10.9. The number of hydrogen-bond donors (Lipinski definition) is 2. The van der Waals surface area contributed by atoms with Gasteiger partial charge < -0.3 is 14.8 Å². The van der Waals surface area contributed by atoms with Crippen molar-refractivity contribution in [1.82, 2.24) is 5.32 Å². The molecule has 0 aliphatic heterocycles. The zero-order chi connectivity index (χ0) is 20.0. The highest BCUT2D eigenvalue weighted by Crippen LogP contribution is 2.34. The lowest BCUT2D eigenvalue weighted by atomic mass is 10.1. The van der Waals surface area contributed by atoms with Crippen LogP contribution in [0.25, 0.3) is 0 Å². The molecule has 0 aliphatic rings. The monoisotopic (exact) mass is 456 g/mol. The molecule has 0 unspecified atom stereocenters. The molecule has 0 fully saturated rings. The van der Waals surface area contributed by atoms with Crippen LogP contribution in [-0.4, -0.2) is 28.2 Å². The number of nitrogens with one attached hydrogen (secondary N) is 1. The Morgan fingerprint density at radius 1 is 1.15 bits per heavy atom. The van der Waals surface area contributed by atoms with Gasteiger partial charge in [-0.15, -0.1) is 0 Å². The summed E-state index contributed by atoms with van der Waals surface area (Å²) in [5.74, 6) is 1.40. The maximum atomic E-state index is 11.3. The quantitative estimate of drug-likeness (QED) is 0.565. The Morgan fingerprint density at radius 2 is 1.81 bits per heavy atom. The Morgan fingerprint density at radius 3 is 2.37 bits per heavy atom. The third kappa shape index (κ3) is 6.49. The van der Waals surface area contributed by atoms with Gasteiger partial charge >= 0.3 is 0 Å². The van der Waals surface area contributed by atoms with Gasteiger partial charge in [0.05, 0.1) is 18.1 Å². The normalized spacial score (nSPS) is 11.6. The second kappa shape index (κ2) is 9.54. The second-order valence-electron chi connectivity index (χ2n) is 6.38. The summed E-state index contributed by atoms with van der Waals surface area (Å²) in [7, 11) is -2.02. The molecular weight excluding hydrogens is 432 g/mol. The van der Waals surface area contributed by atoms with Crippen molar-refractivity contribution < 1.29 is 17.9 Å². The molecule has 2 aromatic rings. The fourth-order valence-electron chi connectivity index (χ4n) is 2.52. The third-order valence-corrected chi connectivity index (χ3v) is 5.52. The third-order valence-electron chi connectivity index (χ3n) is 3.85. The van der Waals surface area contributed by atoms with Gasteiger partial charge in [-0.3, -0.25) is 0 Å². The van der Waals surface area contributed by atoms with Gasteiger partial charge in [0, 0.05) is 11.0 Å². The molecular formula is C19H25BrN2O4S. The van der Waals surface area contributed by atoms with Crippen LogP contribution in [0.4, 0.5) is 0 Å². The van der Waals surface area contributed by atoms with Crippen molar-refractivity contribution >= 4 is 26.0 Å². The van der Waals surface area contributed by atoms with Gasteiger partial charge in [-0.1, -0.05) is 28.1 Å². The van der Waals surface area contributed by atoms with Gasteiger partial charge in [-0.05, 0) is 62.2 Å². The zero-order valence-corrected chi connectivity index (χ0v) is 18.1. The van der Waals surface area contributed by atoms with E-state index in [2.05, 4.69) is 21.2 Å². The number of hydrogen-bond acceptors (Lipinski definition) is 5. The van der Waals surface area contributed by atoms with Crippen LogP contribution in [0, 0.1) is 0 Å². The fourth-order valence-corrected chi connectivity index (χ4v) is 3.50. The lowest BCUT2D eigenvalue weighted by Gasteiger charge is -2.16. The van der Waals surface area contributed by atoms with Crippen LogP contribution in [0.3, 0.4) is 0 Å². The highest BCUT2D eigenvalue weighted by molar-refractivity contribution is 9.10. The first-order chi connectivity index (χ1) is 12.7. The molecule has 0 saturated heterocycles. The molecule has 0 aromatic heterocycles. The van der Waals surface area contributed by atoms with Crippen LogP contribution in [0.15, 0.2) is 45.8 Å². The van der Waals surface area contributed by atoms with E-state index in [1.165, 1.54) is 12.1 Å². The molecule has 0 bridgehead atoms. The molecule has 2 rings (SSSR count). The van der Waals surface area contributed by atoms with Crippen LogP contribution < -0.4 is 19.9 Å². The fraction of sp³-hybridized carbons (Fsp3) is 0.368. The number of sulfonamides is 1. The maximum absolute atomic E-state index is 11.3. The molecule has 3 N–H and O–H groups in total. The van der Waals surface area contributed by atoms with Crippen molar-refractivity contribution in [3.8, 4) is 11.5 Å². The molecule has 27 heavy (non-hydrogen) atoms. The lowest BCUT2D eigenvalue weighted by molar-refractivity contribution is 0.230. The zero-order valence-electron chi connectivity index (χ0n) is 15.7. The van der Waals surface area contributed by atoms with E-state index in [0.29, 0.717) is 18.0 Å². The smallest absolute Gasteiger partial charge is 0.238 e. The molecule has 2 aromatic carbocycles. The number of ether oxygens (including phenoxy) is 2. The van der Waals surface area contributed by atoms with Gasteiger partial charge in [-0.25, -0.2) is 13.6 Å².